The summed E-state index contributed by atoms with van der Waals surface area (Å²) < 4.78 is 5.52. The topological polar surface area (TPSA) is 41.6 Å². The molecule has 4 nitrogen and oxygen atoms in total. The van der Waals surface area contributed by atoms with Crippen molar-refractivity contribution < 1.29 is 9.53 Å². The quantitative estimate of drug-likeness (QED) is 0.783. The molecule has 17 heavy (non-hydrogen) atoms. The van der Waals surface area contributed by atoms with Crippen LogP contribution in [0.15, 0.2) is 0 Å². The number of hydrogen-bond acceptors (Lipinski definition) is 3. The predicted molar refractivity (Wildman–Crippen MR) is 66.8 cm³/mol. The molecule has 0 radical (unpaired) electrons. The standard InChI is InChI=1S/C13H24N2O2/c1-11(2)8-15-12(16)9-17-10-13(15)4-3-6-14-7-5-13/h11,14H,3-10H2,1-2H3. The van der Waals surface area contributed by atoms with Crippen LogP contribution < -0.4 is 5.32 Å². The Kier molecular flexibility index (Phi) is 4.05. The molecular formula is C13H24N2O2. The summed E-state index contributed by atoms with van der Waals surface area (Å²) in [5.74, 6) is 0.692. The van der Waals surface area contributed by atoms with Crippen LogP contribution in [-0.4, -0.2) is 49.2 Å². The number of ether oxygens (including phenoxy) is 1. The summed E-state index contributed by atoms with van der Waals surface area (Å²) >= 11 is 0. The van der Waals surface area contributed by atoms with Gasteiger partial charge in [-0.2, -0.15) is 0 Å². The number of carbonyl (C=O) groups is 1. The highest BCUT2D eigenvalue weighted by Gasteiger charge is 2.43. The Labute approximate surface area is 104 Å². The molecule has 0 aromatic carbocycles. The first kappa shape index (κ1) is 12.8. The van der Waals surface area contributed by atoms with Gasteiger partial charge in [0.15, 0.2) is 0 Å². The number of morpholine rings is 1. The monoisotopic (exact) mass is 240 g/mol. The van der Waals surface area contributed by atoms with Crippen LogP contribution >= 0.6 is 0 Å². The van der Waals surface area contributed by atoms with Crippen molar-refractivity contribution in [3.63, 3.8) is 0 Å². The highest BCUT2D eigenvalue weighted by molar-refractivity contribution is 5.79. The molecular weight excluding hydrogens is 216 g/mol. The number of amides is 1. The summed E-state index contributed by atoms with van der Waals surface area (Å²) in [7, 11) is 0. The molecule has 1 unspecified atom stereocenters. The fourth-order valence-corrected chi connectivity index (χ4v) is 2.94. The molecule has 4 heteroatoms. The first-order chi connectivity index (χ1) is 8.14. The van der Waals surface area contributed by atoms with Gasteiger partial charge in [0.2, 0.25) is 5.91 Å². The molecule has 1 amide bonds. The summed E-state index contributed by atoms with van der Waals surface area (Å²) in [5.41, 5.74) is -0.0386. The van der Waals surface area contributed by atoms with Crippen molar-refractivity contribution in [3.05, 3.63) is 0 Å². The van der Waals surface area contributed by atoms with Crippen molar-refractivity contribution in [3.8, 4) is 0 Å². The summed E-state index contributed by atoms with van der Waals surface area (Å²) in [6, 6.07) is 0. The lowest BCUT2D eigenvalue weighted by atomic mass is 9.87. The van der Waals surface area contributed by atoms with Gasteiger partial charge in [-0.15, -0.1) is 0 Å². The highest BCUT2D eigenvalue weighted by Crippen LogP contribution is 2.31. The molecule has 1 N–H and O–H groups in total. The third-order valence-corrected chi connectivity index (χ3v) is 3.78. The fraction of sp³-hybridized carbons (Fsp3) is 0.923. The van der Waals surface area contributed by atoms with Gasteiger partial charge in [0.1, 0.15) is 6.61 Å². The normalized spacial score (nSPS) is 31.0. The lowest BCUT2D eigenvalue weighted by Crippen LogP contribution is -2.60. The fourth-order valence-electron chi connectivity index (χ4n) is 2.94. The van der Waals surface area contributed by atoms with Crippen molar-refractivity contribution in [1.82, 2.24) is 10.2 Å². The average Bonchev–Trinajstić information content (AvgIpc) is 2.50. The van der Waals surface area contributed by atoms with E-state index in [0.29, 0.717) is 12.5 Å². The maximum absolute atomic E-state index is 12.1. The van der Waals surface area contributed by atoms with E-state index >= 15 is 0 Å². The van der Waals surface area contributed by atoms with E-state index in [-0.39, 0.29) is 18.1 Å². The van der Waals surface area contributed by atoms with Crippen LogP contribution in [0, 0.1) is 5.92 Å². The maximum atomic E-state index is 12.1. The molecule has 0 aromatic rings. The zero-order valence-corrected chi connectivity index (χ0v) is 11.0. The van der Waals surface area contributed by atoms with Crippen LogP contribution in [0.4, 0.5) is 0 Å². The minimum absolute atomic E-state index is 0.0386. The molecule has 2 heterocycles. The molecule has 2 saturated heterocycles. The van der Waals surface area contributed by atoms with Crippen LogP contribution in [-0.2, 0) is 9.53 Å². The van der Waals surface area contributed by atoms with Crippen LogP contribution in [0.2, 0.25) is 0 Å². The minimum Gasteiger partial charge on any atom is -0.369 e. The predicted octanol–water partition coefficient (Wildman–Crippen LogP) is 1.01. The van der Waals surface area contributed by atoms with Crippen molar-refractivity contribution in [1.29, 1.82) is 0 Å². The molecule has 1 spiro atoms. The van der Waals surface area contributed by atoms with Gasteiger partial charge in [0.25, 0.3) is 0 Å². The largest absolute Gasteiger partial charge is 0.369 e. The van der Waals surface area contributed by atoms with E-state index < -0.39 is 0 Å². The van der Waals surface area contributed by atoms with Gasteiger partial charge in [0.05, 0.1) is 12.1 Å². The molecule has 0 aromatic heterocycles. The lowest BCUT2D eigenvalue weighted by molar-refractivity contribution is -0.160. The van der Waals surface area contributed by atoms with E-state index in [1.165, 1.54) is 0 Å². The zero-order valence-electron chi connectivity index (χ0n) is 11.0. The second-order valence-corrected chi connectivity index (χ2v) is 5.72. The molecule has 98 valence electrons. The molecule has 2 fully saturated rings. The van der Waals surface area contributed by atoms with Gasteiger partial charge in [-0.3, -0.25) is 4.79 Å². The Hall–Kier alpha value is -0.610. The first-order valence-corrected chi connectivity index (χ1v) is 6.73. The van der Waals surface area contributed by atoms with Gasteiger partial charge >= 0.3 is 0 Å². The molecule has 2 aliphatic rings. The van der Waals surface area contributed by atoms with Gasteiger partial charge < -0.3 is 15.0 Å². The second-order valence-electron chi connectivity index (χ2n) is 5.72. The van der Waals surface area contributed by atoms with E-state index in [1.807, 2.05) is 0 Å². The third kappa shape index (κ3) is 2.80. The maximum Gasteiger partial charge on any atom is 0.249 e. The van der Waals surface area contributed by atoms with E-state index in [0.717, 1.165) is 38.9 Å². The van der Waals surface area contributed by atoms with E-state index in [1.54, 1.807) is 0 Å². The smallest absolute Gasteiger partial charge is 0.249 e. The van der Waals surface area contributed by atoms with Crippen LogP contribution in [0.5, 0.6) is 0 Å². The van der Waals surface area contributed by atoms with Crippen molar-refractivity contribution in [2.24, 2.45) is 5.92 Å². The second kappa shape index (κ2) is 5.36. The number of nitrogens with one attached hydrogen (secondary N) is 1. The minimum atomic E-state index is -0.0386. The molecule has 0 aliphatic carbocycles. The van der Waals surface area contributed by atoms with Crippen LogP contribution in [0.1, 0.15) is 33.1 Å². The first-order valence-electron chi connectivity index (χ1n) is 6.73. The molecule has 2 rings (SSSR count). The van der Waals surface area contributed by atoms with Gasteiger partial charge in [0, 0.05) is 6.54 Å². The summed E-state index contributed by atoms with van der Waals surface area (Å²) in [4.78, 5) is 14.2. The number of rotatable bonds is 2. The summed E-state index contributed by atoms with van der Waals surface area (Å²) in [6.07, 6.45) is 3.22. The van der Waals surface area contributed by atoms with Crippen LogP contribution in [0.3, 0.4) is 0 Å². The molecule has 0 bridgehead atoms. The van der Waals surface area contributed by atoms with Crippen LogP contribution in [0.25, 0.3) is 0 Å². The number of carbonyl (C=O) groups excluding carboxylic acids is 1. The summed E-state index contributed by atoms with van der Waals surface area (Å²) in [6.45, 7) is 8.24. The zero-order chi connectivity index (χ0) is 12.3. The van der Waals surface area contributed by atoms with Crippen molar-refractivity contribution >= 4 is 5.91 Å². The Bertz CT molecular complexity index is 271. The number of nitrogens with zero attached hydrogens (tertiary/aromatic N) is 1. The number of hydrogen-bond donors (Lipinski definition) is 1. The Morgan fingerprint density at radius 2 is 2.24 bits per heavy atom. The van der Waals surface area contributed by atoms with Gasteiger partial charge in [-0.05, 0) is 38.3 Å². The molecule has 2 aliphatic heterocycles. The van der Waals surface area contributed by atoms with E-state index in [2.05, 4.69) is 24.1 Å². The van der Waals surface area contributed by atoms with Gasteiger partial charge in [-0.1, -0.05) is 13.8 Å². The lowest BCUT2D eigenvalue weighted by Gasteiger charge is -2.47. The highest BCUT2D eigenvalue weighted by atomic mass is 16.5. The van der Waals surface area contributed by atoms with Crippen molar-refractivity contribution in [2.45, 2.75) is 38.6 Å². The summed E-state index contributed by atoms with van der Waals surface area (Å²) in [5, 5.41) is 3.41. The van der Waals surface area contributed by atoms with E-state index in [4.69, 9.17) is 4.74 Å². The Morgan fingerprint density at radius 3 is 3.00 bits per heavy atom. The van der Waals surface area contributed by atoms with E-state index in [9.17, 15) is 4.79 Å². The molecule has 1 atom stereocenters. The molecule has 0 saturated carbocycles. The Morgan fingerprint density at radius 1 is 1.41 bits per heavy atom. The third-order valence-electron chi connectivity index (χ3n) is 3.78. The van der Waals surface area contributed by atoms with Gasteiger partial charge in [-0.25, -0.2) is 0 Å². The SMILES string of the molecule is CC(C)CN1C(=O)COCC12CCCNCC2. The average molecular weight is 240 g/mol. The Balaban J connectivity index is 2.16. The van der Waals surface area contributed by atoms with Crippen molar-refractivity contribution in [2.75, 3.05) is 32.8 Å².